The number of pyridine rings is 1. The van der Waals surface area contributed by atoms with E-state index >= 15 is 0 Å². The molecule has 0 saturated heterocycles. The molecule has 0 spiro atoms. The monoisotopic (exact) mass is 465 g/mol. The average molecular weight is 466 g/mol. The first kappa shape index (κ1) is 22.4. The standard InChI is InChI=1S/C24H31N7O3/c1-24(34-3)10-4-6-16(13-24)30-11-5-7-18(23(30)33)28-19-12-20(25-2)31-21(29-19)17(14-26-31)22(32)27-15-8-9-15/h5,7,11-12,14-16,25H,4,6,8-10,13H2,1-3H3,(H,27,32)(H,28,29)/t16-,24+/m1/s1. The van der Waals surface area contributed by atoms with Crippen molar-refractivity contribution in [3.05, 3.63) is 46.5 Å². The Kier molecular flexibility index (Phi) is 5.76. The molecule has 5 rings (SSSR count). The number of carbonyl (C=O) groups is 1. The first-order chi connectivity index (χ1) is 16.4. The van der Waals surface area contributed by atoms with Crippen LogP contribution in [0.4, 0.5) is 17.3 Å². The Morgan fingerprint density at radius 3 is 2.85 bits per heavy atom. The van der Waals surface area contributed by atoms with Crippen LogP contribution in [0.3, 0.4) is 0 Å². The molecule has 0 aromatic carbocycles. The Morgan fingerprint density at radius 2 is 2.12 bits per heavy atom. The van der Waals surface area contributed by atoms with Gasteiger partial charge < -0.3 is 25.3 Å². The van der Waals surface area contributed by atoms with Gasteiger partial charge in [-0.2, -0.15) is 9.61 Å². The second kappa shape index (κ2) is 8.75. The van der Waals surface area contributed by atoms with E-state index in [-0.39, 0.29) is 29.2 Å². The highest BCUT2D eigenvalue weighted by Crippen LogP contribution is 2.36. The number of nitrogens with one attached hydrogen (secondary N) is 3. The summed E-state index contributed by atoms with van der Waals surface area (Å²) in [6, 6.07) is 5.69. The third-order valence-electron chi connectivity index (χ3n) is 6.92. The number of anilines is 3. The van der Waals surface area contributed by atoms with Crippen LogP contribution in [0.5, 0.6) is 0 Å². The fraction of sp³-hybridized carbons (Fsp3) is 0.500. The zero-order chi connectivity index (χ0) is 23.9. The van der Waals surface area contributed by atoms with Crippen LogP contribution in [0, 0.1) is 0 Å². The SMILES string of the molecule is CNc1cc(Nc2cccn([C@@H]3CCC[C@](C)(OC)C3)c2=O)nc2c(C(=O)NC3CC3)cnn12. The van der Waals surface area contributed by atoms with E-state index in [1.165, 1.54) is 6.20 Å². The predicted octanol–water partition coefficient (Wildman–Crippen LogP) is 3.09. The Bertz CT molecular complexity index is 1280. The van der Waals surface area contributed by atoms with Crippen molar-refractivity contribution in [2.24, 2.45) is 0 Å². The van der Waals surface area contributed by atoms with Crippen molar-refractivity contribution in [2.45, 2.75) is 63.1 Å². The summed E-state index contributed by atoms with van der Waals surface area (Å²) in [5, 5.41) is 13.6. The fourth-order valence-corrected chi connectivity index (χ4v) is 4.72. The van der Waals surface area contributed by atoms with Crippen molar-refractivity contribution in [1.82, 2.24) is 24.5 Å². The van der Waals surface area contributed by atoms with Crippen molar-refractivity contribution < 1.29 is 9.53 Å². The molecule has 3 aromatic rings. The molecular formula is C24H31N7O3. The minimum atomic E-state index is -0.223. The average Bonchev–Trinajstić information content (AvgIpc) is 3.55. The largest absolute Gasteiger partial charge is 0.378 e. The third kappa shape index (κ3) is 4.25. The lowest BCUT2D eigenvalue weighted by Gasteiger charge is -2.37. The molecule has 34 heavy (non-hydrogen) atoms. The van der Waals surface area contributed by atoms with E-state index in [0.717, 1.165) is 38.5 Å². The summed E-state index contributed by atoms with van der Waals surface area (Å²) in [6.07, 6.45) is 9.08. The third-order valence-corrected chi connectivity index (χ3v) is 6.92. The lowest BCUT2D eigenvalue weighted by molar-refractivity contribution is -0.0375. The summed E-state index contributed by atoms with van der Waals surface area (Å²) in [5.74, 6) is 0.917. The Morgan fingerprint density at radius 1 is 1.29 bits per heavy atom. The van der Waals surface area contributed by atoms with Crippen LogP contribution in [0.1, 0.15) is 61.8 Å². The number of methoxy groups -OCH3 is 1. The zero-order valence-corrected chi connectivity index (χ0v) is 19.8. The molecule has 3 N–H and O–H groups in total. The van der Waals surface area contributed by atoms with E-state index in [9.17, 15) is 9.59 Å². The molecular weight excluding hydrogens is 434 g/mol. The van der Waals surface area contributed by atoms with Crippen molar-refractivity contribution >= 4 is 28.9 Å². The first-order valence-corrected chi connectivity index (χ1v) is 11.8. The van der Waals surface area contributed by atoms with Gasteiger partial charge in [0.2, 0.25) is 0 Å². The lowest BCUT2D eigenvalue weighted by atomic mass is 9.83. The summed E-state index contributed by atoms with van der Waals surface area (Å²) in [6.45, 7) is 2.10. The molecule has 3 aromatic heterocycles. The minimum absolute atomic E-state index is 0.0730. The van der Waals surface area contributed by atoms with Crippen LogP contribution < -0.4 is 21.5 Å². The number of nitrogens with zero attached hydrogens (tertiary/aromatic N) is 4. The summed E-state index contributed by atoms with van der Waals surface area (Å²) >= 11 is 0. The number of hydrogen-bond acceptors (Lipinski definition) is 7. The second-order valence-corrected chi connectivity index (χ2v) is 9.48. The van der Waals surface area contributed by atoms with Gasteiger partial charge in [0.15, 0.2) is 5.65 Å². The summed E-state index contributed by atoms with van der Waals surface area (Å²) in [4.78, 5) is 30.7. The lowest BCUT2D eigenvalue weighted by Crippen LogP contribution is -2.38. The molecule has 2 atom stereocenters. The van der Waals surface area contributed by atoms with Crippen molar-refractivity contribution in [3.8, 4) is 0 Å². The van der Waals surface area contributed by atoms with Crippen LogP contribution in [-0.2, 0) is 4.74 Å². The normalized spacial score (nSPS) is 22.5. The first-order valence-electron chi connectivity index (χ1n) is 11.8. The molecule has 0 unspecified atom stereocenters. The van der Waals surface area contributed by atoms with Gasteiger partial charge in [-0.25, -0.2) is 4.98 Å². The van der Waals surface area contributed by atoms with Gasteiger partial charge in [0.05, 0.1) is 11.8 Å². The van der Waals surface area contributed by atoms with E-state index in [1.807, 2.05) is 12.3 Å². The topological polar surface area (TPSA) is 115 Å². The van der Waals surface area contributed by atoms with Gasteiger partial charge in [-0.1, -0.05) is 0 Å². The van der Waals surface area contributed by atoms with E-state index < -0.39 is 0 Å². The Balaban J connectivity index is 1.46. The molecule has 2 aliphatic rings. The second-order valence-electron chi connectivity index (χ2n) is 9.48. The molecule has 10 heteroatoms. The smallest absolute Gasteiger partial charge is 0.274 e. The molecule has 1 amide bonds. The molecule has 0 aliphatic heterocycles. The van der Waals surface area contributed by atoms with Crippen LogP contribution >= 0.6 is 0 Å². The zero-order valence-electron chi connectivity index (χ0n) is 19.8. The number of carbonyl (C=O) groups excluding carboxylic acids is 1. The highest BCUT2D eigenvalue weighted by atomic mass is 16.5. The summed E-state index contributed by atoms with van der Waals surface area (Å²) in [7, 11) is 3.51. The quantitative estimate of drug-likeness (QED) is 0.491. The van der Waals surface area contributed by atoms with E-state index in [4.69, 9.17) is 4.74 Å². The highest BCUT2D eigenvalue weighted by molar-refractivity contribution is 6.00. The number of rotatable bonds is 7. The van der Waals surface area contributed by atoms with Crippen molar-refractivity contribution in [1.29, 1.82) is 0 Å². The van der Waals surface area contributed by atoms with E-state index in [0.29, 0.717) is 28.5 Å². The fourth-order valence-electron chi connectivity index (χ4n) is 4.72. The predicted molar refractivity (Wildman–Crippen MR) is 130 cm³/mol. The maximum atomic E-state index is 13.4. The maximum absolute atomic E-state index is 13.4. The molecule has 2 fully saturated rings. The van der Waals surface area contributed by atoms with Gasteiger partial charge in [0.1, 0.15) is 22.9 Å². The summed E-state index contributed by atoms with van der Waals surface area (Å²) in [5.41, 5.74) is 0.917. The molecule has 10 nitrogen and oxygen atoms in total. The number of fused-ring (bicyclic) bond motifs is 1. The molecule has 180 valence electrons. The van der Waals surface area contributed by atoms with Crippen LogP contribution in [0.2, 0.25) is 0 Å². The van der Waals surface area contributed by atoms with Gasteiger partial charge >= 0.3 is 0 Å². The van der Waals surface area contributed by atoms with Gasteiger partial charge in [0, 0.05) is 38.5 Å². The Labute approximate surface area is 197 Å². The maximum Gasteiger partial charge on any atom is 0.274 e. The van der Waals surface area contributed by atoms with Crippen molar-refractivity contribution in [3.63, 3.8) is 0 Å². The molecule has 2 saturated carbocycles. The molecule has 0 bridgehead atoms. The number of ether oxygens (including phenoxy) is 1. The summed E-state index contributed by atoms with van der Waals surface area (Å²) < 4.78 is 9.11. The van der Waals surface area contributed by atoms with Crippen LogP contribution in [-0.4, -0.2) is 50.9 Å². The van der Waals surface area contributed by atoms with E-state index in [1.54, 1.807) is 35.4 Å². The van der Waals surface area contributed by atoms with Gasteiger partial charge in [-0.05, 0) is 57.6 Å². The van der Waals surface area contributed by atoms with Crippen LogP contribution in [0.25, 0.3) is 5.65 Å². The molecule has 2 aliphatic carbocycles. The molecule has 0 radical (unpaired) electrons. The van der Waals surface area contributed by atoms with E-state index in [2.05, 4.69) is 33.0 Å². The van der Waals surface area contributed by atoms with Crippen molar-refractivity contribution in [2.75, 3.05) is 24.8 Å². The van der Waals surface area contributed by atoms with Gasteiger partial charge in [-0.3, -0.25) is 9.59 Å². The highest BCUT2D eigenvalue weighted by Gasteiger charge is 2.33. The number of hydrogen-bond donors (Lipinski definition) is 3. The van der Waals surface area contributed by atoms with Gasteiger partial charge in [0.25, 0.3) is 11.5 Å². The van der Waals surface area contributed by atoms with Gasteiger partial charge in [-0.15, -0.1) is 0 Å². The molecule has 3 heterocycles. The number of amides is 1. The number of aromatic nitrogens is 4. The minimum Gasteiger partial charge on any atom is -0.378 e. The van der Waals surface area contributed by atoms with Crippen LogP contribution in [0.15, 0.2) is 35.4 Å². The Hall–Kier alpha value is -3.40.